The Hall–Kier alpha value is -1.75. The quantitative estimate of drug-likeness (QED) is 0.480. The van der Waals surface area contributed by atoms with E-state index in [0.717, 1.165) is 20.2 Å². The van der Waals surface area contributed by atoms with Gasteiger partial charge in [-0.3, -0.25) is 19.3 Å². The van der Waals surface area contributed by atoms with Crippen LogP contribution in [0.4, 0.5) is 4.79 Å². The summed E-state index contributed by atoms with van der Waals surface area (Å²) in [5.74, 6) is -0.0590. The van der Waals surface area contributed by atoms with E-state index in [0.29, 0.717) is 30.3 Å². The number of amides is 3. The molecule has 0 unspecified atom stereocenters. The number of thioether (sulfide) groups is 1. The van der Waals surface area contributed by atoms with Crippen molar-refractivity contribution >= 4 is 57.5 Å². The van der Waals surface area contributed by atoms with E-state index in [2.05, 4.69) is 22.6 Å². The molecular weight excluding hydrogens is 459 g/mol. The van der Waals surface area contributed by atoms with Gasteiger partial charge in [0.15, 0.2) is 11.5 Å². The number of nitrogens with two attached hydrogens (primary N) is 1. The maximum absolute atomic E-state index is 12.3. The molecule has 1 heterocycles. The third kappa shape index (κ3) is 4.66. The van der Waals surface area contributed by atoms with Gasteiger partial charge in [-0.05, 0) is 72.0 Å². The second-order valence-electron chi connectivity index (χ2n) is 4.93. The van der Waals surface area contributed by atoms with Gasteiger partial charge in [-0.2, -0.15) is 0 Å². The highest BCUT2D eigenvalue weighted by molar-refractivity contribution is 14.1. The van der Waals surface area contributed by atoms with Crippen LogP contribution >= 0.6 is 34.4 Å². The number of hydrogen-bond acceptors (Lipinski definition) is 6. The normalized spacial score (nSPS) is 15.8. The molecule has 7 nitrogen and oxygen atoms in total. The van der Waals surface area contributed by atoms with Gasteiger partial charge < -0.3 is 15.2 Å². The van der Waals surface area contributed by atoms with Gasteiger partial charge in [-0.1, -0.05) is 0 Å². The lowest BCUT2D eigenvalue weighted by Gasteiger charge is -2.13. The largest absolute Gasteiger partial charge is 0.490 e. The lowest BCUT2D eigenvalue weighted by atomic mass is 10.2. The number of carbonyl (C=O) groups is 3. The highest BCUT2D eigenvalue weighted by Crippen LogP contribution is 2.37. The number of carbonyl (C=O) groups excluding carboxylic acids is 3. The zero-order valence-corrected chi connectivity index (χ0v) is 16.7. The van der Waals surface area contributed by atoms with Crippen molar-refractivity contribution in [3.8, 4) is 11.5 Å². The molecule has 3 amide bonds. The first-order valence-corrected chi connectivity index (χ1v) is 9.39. The summed E-state index contributed by atoms with van der Waals surface area (Å²) in [4.78, 5) is 36.2. The molecule has 1 aromatic rings. The van der Waals surface area contributed by atoms with Crippen molar-refractivity contribution in [1.29, 1.82) is 0 Å². The van der Waals surface area contributed by atoms with Crippen molar-refractivity contribution in [2.45, 2.75) is 13.8 Å². The predicted molar refractivity (Wildman–Crippen MR) is 103 cm³/mol. The van der Waals surface area contributed by atoms with Gasteiger partial charge in [-0.25, -0.2) is 0 Å². The molecule has 134 valence electrons. The van der Waals surface area contributed by atoms with Crippen LogP contribution in [0.1, 0.15) is 19.4 Å². The van der Waals surface area contributed by atoms with E-state index in [1.807, 2.05) is 19.9 Å². The van der Waals surface area contributed by atoms with Crippen molar-refractivity contribution in [3.05, 3.63) is 26.2 Å². The number of imide groups is 1. The molecule has 0 atom stereocenters. The Bertz CT molecular complexity index is 750. The van der Waals surface area contributed by atoms with E-state index in [9.17, 15) is 14.4 Å². The topological polar surface area (TPSA) is 98.9 Å². The smallest absolute Gasteiger partial charge is 0.294 e. The monoisotopic (exact) mass is 476 g/mol. The van der Waals surface area contributed by atoms with Crippen molar-refractivity contribution in [2.24, 2.45) is 5.73 Å². The Morgan fingerprint density at radius 3 is 2.56 bits per heavy atom. The maximum Gasteiger partial charge on any atom is 0.294 e. The van der Waals surface area contributed by atoms with E-state index in [1.165, 1.54) is 0 Å². The van der Waals surface area contributed by atoms with E-state index in [1.54, 1.807) is 12.1 Å². The second kappa shape index (κ2) is 8.56. The van der Waals surface area contributed by atoms with E-state index < -0.39 is 23.6 Å². The Morgan fingerprint density at radius 1 is 1.28 bits per heavy atom. The van der Waals surface area contributed by atoms with Gasteiger partial charge in [0.25, 0.3) is 11.1 Å². The van der Waals surface area contributed by atoms with Gasteiger partial charge in [0.05, 0.1) is 21.7 Å². The highest BCUT2D eigenvalue weighted by Gasteiger charge is 2.35. The van der Waals surface area contributed by atoms with Crippen LogP contribution in [-0.2, 0) is 9.59 Å². The fourth-order valence-electron chi connectivity index (χ4n) is 2.16. The molecule has 0 aliphatic carbocycles. The molecule has 1 fully saturated rings. The molecular formula is C16H17IN2O5S. The van der Waals surface area contributed by atoms with Gasteiger partial charge >= 0.3 is 0 Å². The average molecular weight is 476 g/mol. The van der Waals surface area contributed by atoms with Gasteiger partial charge in [0, 0.05) is 0 Å². The van der Waals surface area contributed by atoms with Gasteiger partial charge in [-0.15, -0.1) is 0 Å². The van der Waals surface area contributed by atoms with Crippen LogP contribution in [0.5, 0.6) is 11.5 Å². The molecule has 0 bridgehead atoms. The lowest BCUT2D eigenvalue weighted by molar-refractivity contribution is -0.127. The van der Waals surface area contributed by atoms with Gasteiger partial charge in [0.2, 0.25) is 5.91 Å². The third-order valence-electron chi connectivity index (χ3n) is 3.11. The summed E-state index contributed by atoms with van der Waals surface area (Å²) in [6.45, 7) is 4.29. The molecule has 0 spiro atoms. The molecule has 9 heteroatoms. The summed E-state index contributed by atoms with van der Waals surface area (Å²) in [6, 6.07) is 3.58. The lowest BCUT2D eigenvalue weighted by Crippen LogP contribution is -2.36. The van der Waals surface area contributed by atoms with Crippen molar-refractivity contribution < 1.29 is 23.9 Å². The number of ether oxygens (including phenoxy) is 2. The van der Waals surface area contributed by atoms with Gasteiger partial charge in [0.1, 0.15) is 6.54 Å². The third-order valence-corrected chi connectivity index (χ3v) is 4.81. The van der Waals surface area contributed by atoms with Crippen LogP contribution in [0.3, 0.4) is 0 Å². The predicted octanol–water partition coefficient (Wildman–Crippen LogP) is 2.61. The minimum absolute atomic E-state index is 0.230. The Labute approximate surface area is 163 Å². The molecule has 0 saturated carbocycles. The molecule has 1 saturated heterocycles. The van der Waals surface area contributed by atoms with Crippen LogP contribution in [0.25, 0.3) is 6.08 Å². The summed E-state index contributed by atoms with van der Waals surface area (Å²) >= 11 is 2.90. The molecule has 2 N–H and O–H groups in total. The van der Waals surface area contributed by atoms with E-state index in [4.69, 9.17) is 15.2 Å². The minimum Gasteiger partial charge on any atom is -0.490 e. The molecule has 0 aromatic heterocycles. The number of primary amides is 1. The van der Waals surface area contributed by atoms with Crippen molar-refractivity contribution in [2.75, 3.05) is 19.8 Å². The standard InChI is InChI=1S/C16H17IN2O5S/c1-3-23-11-6-9(5-10(17)14(11)24-4-2)7-12-15(21)19(8-13(18)20)16(22)25-12/h5-7H,3-4,8H2,1-2H3,(H2,18,20)/b12-7-. The average Bonchev–Trinajstić information content (AvgIpc) is 2.78. The second-order valence-corrected chi connectivity index (χ2v) is 7.09. The number of nitrogens with zero attached hydrogens (tertiary/aromatic N) is 1. The van der Waals surface area contributed by atoms with E-state index in [-0.39, 0.29) is 4.91 Å². The molecule has 1 aromatic carbocycles. The summed E-state index contributed by atoms with van der Waals surface area (Å²) in [6.07, 6.45) is 1.59. The fraction of sp³-hybridized carbons (Fsp3) is 0.312. The zero-order chi connectivity index (χ0) is 18.6. The summed E-state index contributed by atoms with van der Waals surface area (Å²) in [7, 11) is 0. The Morgan fingerprint density at radius 2 is 1.96 bits per heavy atom. The van der Waals surface area contributed by atoms with Crippen molar-refractivity contribution in [1.82, 2.24) is 4.90 Å². The number of halogens is 1. The van der Waals surface area contributed by atoms with E-state index >= 15 is 0 Å². The number of benzene rings is 1. The molecule has 1 aliphatic heterocycles. The first kappa shape index (κ1) is 19.6. The summed E-state index contributed by atoms with van der Waals surface area (Å²) < 4.78 is 12.0. The first-order chi connectivity index (χ1) is 11.9. The van der Waals surface area contributed by atoms with Crippen LogP contribution < -0.4 is 15.2 Å². The minimum atomic E-state index is -0.738. The Kier molecular flexibility index (Phi) is 6.71. The highest BCUT2D eigenvalue weighted by atomic mass is 127. The number of hydrogen-bond donors (Lipinski definition) is 1. The Balaban J connectivity index is 2.36. The SMILES string of the molecule is CCOc1cc(/C=C2\SC(=O)N(CC(N)=O)C2=O)cc(I)c1OCC. The fourth-order valence-corrected chi connectivity index (χ4v) is 3.78. The molecule has 25 heavy (non-hydrogen) atoms. The van der Waals surface area contributed by atoms with Crippen molar-refractivity contribution in [3.63, 3.8) is 0 Å². The molecule has 1 aliphatic rings. The van der Waals surface area contributed by atoms with Crippen LogP contribution in [0.15, 0.2) is 17.0 Å². The number of rotatable bonds is 7. The maximum atomic E-state index is 12.3. The zero-order valence-electron chi connectivity index (χ0n) is 13.7. The van der Waals surface area contributed by atoms with Crippen LogP contribution in [0, 0.1) is 3.57 Å². The summed E-state index contributed by atoms with van der Waals surface area (Å²) in [5.41, 5.74) is 5.76. The van der Waals surface area contributed by atoms with Crippen LogP contribution in [0.2, 0.25) is 0 Å². The first-order valence-electron chi connectivity index (χ1n) is 7.50. The van der Waals surface area contributed by atoms with Crippen LogP contribution in [-0.4, -0.2) is 41.7 Å². The molecule has 0 radical (unpaired) electrons. The molecule has 2 rings (SSSR count). The summed E-state index contributed by atoms with van der Waals surface area (Å²) in [5, 5.41) is -0.513.